The number of aryl methyl sites for hydroxylation is 1. The van der Waals surface area contributed by atoms with Crippen LogP contribution in [-0.4, -0.2) is 34.0 Å². The van der Waals surface area contributed by atoms with Crippen LogP contribution >= 0.6 is 0 Å². The van der Waals surface area contributed by atoms with Gasteiger partial charge in [-0.3, -0.25) is 14.7 Å². The third kappa shape index (κ3) is 5.29. The van der Waals surface area contributed by atoms with E-state index < -0.39 is 5.60 Å². The summed E-state index contributed by atoms with van der Waals surface area (Å²) in [4.78, 5) is 19.2. The van der Waals surface area contributed by atoms with Crippen LogP contribution in [0.1, 0.15) is 52.7 Å². The molecule has 3 heterocycles. The number of pyridine rings is 1. The molecule has 1 fully saturated rings. The number of nitrogens with one attached hydrogen (secondary N) is 1. The number of likely N-dealkylation sites (tertiary alicyclic amines) is 1. The molecular weight excluding hydrogens is 438 g/mol. The number of benzene rings is 2. The van der Waals surface area contributed by atoms with Crippen LogP contribution in [0.5, 0.6) is 0 Å². The number of carbonyl (C=O) groups is 1. The molecule has 5 rings (SSSR count). The van der Waals surface area contributed by atoms with E-state index in [4.69, 9.17) is 4.42 Å². The van der Waals surface area contributed by atoms with Crippen molar-refractivity contribution in [2.45, 2.75) is 44.9 Å². The Kier molecular flexibility index (Phi) is 6.66. The van der Waals surface area contributed by atoms with E-state index in [9.17, 15) is 9.90 Å². The molecule has 1 amide bonds. The highest BCUT2D eigenvalue weighted by atomic mass is 16.3. The molecule has 0 saturated carbocycles. The molecule has 0 unspecified atom stereocenters. The Hall–Kier alpha value is -3.48. The summed E-state index contributed by atoms with van der Waals surface area (Å²) in [5.41, 5.74) is 4.07. The smallest absolute Gasteiger partial charge is 0.287 e. The molecule has 1 aliphatic heterocycles. The summed E-state index contributed by atoms with van der Waals surface area (Å²) in [6, 6.07) is 21.8. The molecule has 2 aromatic carbocycles. The molecule has 0 aliphatic carbocycles. The van der Waals surface area contributed by atoms with Crippen molar-refractivity contribution in [1.29, 1.82) is 0 Å². The number of carbonyl (C=O) groups excluding carboxylic acids is 1. The molecule has 2 N–H and O–H groups in total. The summed E-state index contributed by atoms with van der Waals surface area (Å²) in [6.07, 6.45) is 4.08. The standard InChI is InChI=1S/C29H31N3O3/c1-2-21-6-8-22(9-7-21)20-32-15-12-29(34,13-16-32)24-10-11-26-23(17-24)18-27(35-26)28(33)31-19-25-5-3-4-14-30-25/h3-11,14,17-18,34H,2,12-13,15-16,19-20H2,1H3,(H,31,33). The molecular formula is C29H31N3O3. The van der Waals surface area contributed by atoms with Gasteiger partial charge in [0.1, 0.15) is 5.58 Å². The topological polar surface area (TPSA) is 78.6 Å². The first-order chi connectivity index (χ1) is 17.0. The molecule has 6 nitrogen and oxygen atoms in total. The lowest BCUT2D eigenvalue weighted by molar-refractivity contribution is -0.0276. The summed E-state index contributed by atoms with van der Waals surface area (Å²) >= 11 is 0. The van der Waals surface area contributed by atoms with Crippen molar-refractivity contribution in [2.24, 2.45) is 0 Å². The number of hydrogen-bond acceptors (Lipinski definition) is 5. The second kappa shape index (κ2) is 10.0. The van der Waals surface area contributed by atoms with E-state index in [-0.39, 0.29) is 11.7 Å². The lowest BCUT2D eigenvalue weighted by Gasteiger charge is -2.38. The van der Waals surface area contributed by atoms with Gasteiger partial charge in [-0.05, 0) is 66.3 Å². The fourth-order valence-electron chi connectivity index (χ4n) is 4.71. The average molecular weight is 470 g/mol. The van der Waals surface area contributed by atoms with Crippen LogP contribution in [0.4, 0.5) is 0 Å². The first-order valence-electron chi connectivity index (χ1n) is 12.3. The summed E-state index contributed by atoms with van der Waals surface area (Å²) < 4.78 is 5.77. The van der Waals surface area contributed by atoms with Crippen LogP contribution in [0.15, 0.2) is 77.3 Å². The van der Waals surface area contributed by atoms with Crippen LogP contribution in [0, 0.1) is 0 Å². The Morgan fingerprint density at radius 2 is 1.83 bits per heavy atom. The molecule has 1 saturated heterocycles. The Labute approximate surface area is 205 Å². The Morgan fingerprint density at radius 1 is 1.06 bits per heavy atom. The summed E-state index contributed by atoms with van der Waals surface area (Å²) in [6.45, 7) is 5.06. The highest BCUT2D eigenvalue weighted by Crippen LogP contribution is 2.35. The van der Waals surface area contributed by atoms with Crippen molar-refractivity contribution in [2.75, 3.05) is 13.1 Å². The van der Waals surface area contributed by atoms with E-state index in [1.54, 1.807) is 12.3 Å². The molecule has 6 heteroatoms. The van der Waals surface area contributed by atoms with Gasteiger partial charge in [-0.2, -0.15) is 0 Å². The lowest BCUT2D eigenvalue weighted by atomic mass is 9.84. The van der Waals surface area contributed by atoms with E-state index >= 15 is 0 Å². The van der Waals surface area contributed by atoms with Crippen molar-refractivity contribution in [3.05, 3.63) is 101 Å². The van der Waals surface area contributed by atoms with Gasteiger partial charge in [0.05, 0.1) is 17.8 Å². The maximum atomic E-state index is 12.6. The molecule has 180 valence electrons. The van der Waals surface area contributed by atoms with Crippen molar-refractivity contribution in [3.63, 3.8) is 0 Å². The maximum Gasteiger partial charge on any atom is 0.287 e. The van der Waals surface area contributed by atoms with Crippen LogP contribution < -0.4 is 5.32 Å². The number of fused-ring (bicyclic) bond motifs is 1. The van der Waals surface area contributed by atoms with Gasteiger partial charge >= 0.3 is 0 Å². The zero-order valence-electron chi connectivity index (χ0n) is 20.0. The minimum atomic E-state index is -0.880. The average Bonchev–Trinajstić information content (AvgIpc) is 3.33. The minimum absolute atomic E-state index is 0.254. The summed E-state index contributed by atoms with van der Waals surface area (Å²) in [7, 11) is 0. The van der Waals surface area contributed by atoms with E-state index in [1.165, 1.54) is 11.1 Å². The fourth-order valence-corrected chi connectivity index (χ4v) is 4.71. The van der Waals surface area contributed by atoms with Gasteiger partial charge < -0.3 is 14.8 Å². The number of aliphatic hydroxyl groups is 1. The highest BCUT2D eigenvalue weighted by molar-refractivity contribution is 5.96. The van der Waals surface area contributed by atoms with Crippen molar-refractivity contribution in [3.8, 4) is 0 Å². The quantitative estimate of drug-likeness (QED) is 0.406. The second-order valence-electron chi connectivity index (χ2n) is 9.34. The maximum absolute atomic E-state index is 12.6. The van der Waals surface area contributed by atoms with Crippen LogP contribution in [-0.2, 0) is 25.1 Å². The van der Waals surface area contributed by atoms with Crippen LogP contribution in [0.25, 0.3) is 11.0 Å². The van der Waals surface area contributed by atoms with Crippen LogP contribution in [0.2, 0.25) is 0 Å². The van der Waals surface area contributed by atoms with E-state index in [0.717, 1.165) is 42.7 Å². The number of piperidine rings is 1. The normalized spacial score (nSPS) is 15.8. The zero-order chi connectivity index (χ0) is 24.3. The van der Waals surface area contributed by atoms with Gasteiger partial charge in [-0.25, -0.2) is 0 Å². The third-order valence-corrected chi connectivity index (χ3v) is 6.95. The van der Waals surface area contributed by atoms with Gasteiger partial charge in [0.2, 0.25) is 0 Å². The lowest BCUT2D eigenvalue weighted by Crippen LogP contribution is -2.42. The molecule has 0 bridgehead atoms. The van der Waals surface area contributed by atoms with Gasteiger partial charge in [0, 0.05) is 31.2 Å². The highest BCUT2D eigenvalue weighted by Gasteiger charge is 2.34. The van der Waals surface area contributed by atoms with E-state index in [2.05, 4.69) is 46.4 Å². The number of hydrogen-bond donors (Lipinski definition) is 2. The fraction of sp³-hybridized carbons (Fsp3) is 0.310. The molecule has 0 spiro atoms. The number of aromatic nitrogens is 1. The Balaban J connectivity index is 1.22. The van der Waals surface area contributed by atoms with Crippen LogP contribution in [0.3, 0.4) is 0 Å². The number of amides is 1. The SMILES string of the molecule is CCc1ccc(CN2CCC(O)(c3ccc4oc(C(=O)NCc5ccccn5)cc4c3)CC2)cc1. The monoisotopic (exact) mass is 469 g/mol. The first kappa shape index (κ1) is 23.3. The van der Waals surface area contributed by atoms with Crippen molar-refractivity contribution >= 4 is 16.9 Å². The van der Waals surface area contributed by atoms with Gasteiger partial charge in [0.25, 0.3) is 5.91 Å². The summed E-state index contributed by atoms with van der Waals surface area (Å²) in [5, 5.41) is 15.1. The Morgan fingerprint density at radius 3 is 2.54 bits per heavy atom. The third-order valence-electron chi connectivity index (χ3n) is 6.95. The Bertz CT molecular complexity index is 1290. The second-order valence-corrected chi connectivity index (χ2v) is 9.34. The predicted molar refractivity (Wildman–Crippen MR) is 136 cm³/mol. The largest absolute Gasteiger partial charge is 0.451 e. The van der Waals surface area contributed by atoms with Gasteiger partial charge in [0.15, 0.2) is 5.76 Å². The molecule has 35 heavy (non-hydrogen) atoms. The molecule has 1 aliphatic rings. The minimum Gasteiger partial charge on any atom is -0.451 e. The van der Waals surface area contributed by atoms with E-state index in [1.807, 2.05) is 36.4 Å². The molecule has 4 aromatic rings. The van der Waals surface area contributed by atoms with Crippen molar-refractivity contribution < 1.29 is 14.3 Å². The first-order valence-corrected chi connectivity index (χ1v) is 12.3. The zero-order valence-corrected chi connectivity index (χ0v) is 20.0. The predicted octanol–water partition coefficient (Wildman–Crippen LogP) is 4.80. The van der Waals surface area contributed by atoms with E-state index in [0.29, 0.717) is 25.0 Å². The number of nitrogens with zero attached hydrogens (tertiary/aromatic N) is 2. The van der Waals surface area contributed by atoms with Crippen molar-refractivity contribution in [1.82, 2.24) is 15.2 Å². The summed E-state index contributed by atoms with van der Waals surface area (Å²) in [5.74, 6) is -0.0311. The molecule has 2 aromatic heterocycles. The van der Waals surface area contributed by atoms with Gasteiger partial charge in [-0.1, -0.05) is 43.3 Å². The number of rotatable bonds is 7. The number of furan rings is 1. The molecule has 0 atom stereocenters. The van der Waals surface area contributed by atoms with Gasteiger partial charge in [-0.15, -0.1) is 0 Å². The molecule has 0 radical (unpaired) electrons.